The zero-order valence-corrected chi connectivity index (χ0v) is 19.2. The molecule has 2 aromatic rings. The molecule has 30 heavy (non-hydrogen) atoms. The van der Waals surface area contributed by atoms with Crippen LogP contribution in [-0.4, -0.2) is 34.5 Å². The number of hydrogen-bond donors (Lipinski definition) is 1. The molecular weight excluding hydrogens is 446 g/mol. The van der Waals surface area contributed by atoms with Crippen LogP contribution in [0, 0.1) is 0 Å². The maximum Gasteiger partial charge on any atom is 0.303 e. The van der Waals surface area contributed by atoms with Crippen LogP contribution >= 0.6 is 15.9 Å². The van der Waals surface area contributed by atoms with Crippen molar-refractivity contribution < 1.29 is 19.4 Å². The summed E-state index contributed by atoms with van der Waals surface area (Å²) in [4.78, 5) is 25.7. The van der Waals surface area contributed by atoms with Gasteiger partial charge in [-0.3, -0.25) is 9.59 Å². The normalized spacial score (nSPS) is 11.7. The maximum atomic E-state index is 13.2. The summed E-state index contributed by atoms with van der Waals surface area (Å²) in [6.07, 6.45) is 3.32. The van der Waals surface area contributed by atoms with Gasteiger partial charge in [0, 0.05) is 34.6 Å². The van der Waals surface area contributed by atoms with Crippen LogP contribution in [0.3, 0.4) is 0 Å². The Hall–Kier alpha value is -2.34. The van der Waals surface area contributed by atoms with E-state index in [1.807, 2.05) is 53.4 Å². The molecule has 1 N–H and O–H groups in total. The van der Waals surface area contributed by atoms with E-state index in [0.717, 1.165) is 35.0 Å². The number of ether oxygens (including phenoxy) is 1. The van der Waals surface area contributed by atoms with Crippen LogP contribution in [0.2, 0.25) is 0 Å². The largest absolute Gasteiger partial charge is 0.493 e. The van der Waals surface area contributed by atoms with Crippen LogP contribution in [0.15, 0.2) is 53.0 Å². The van der Waals surface area contributed by atoms with Gasteiger partial charge in [0.1, 0.15) is 5.75 Å². The van der Waals surface area contributed by atoms with Gasteiger partial charge in [-0.1, -0.05) is 41.1 Å². The van der Waals surface area contributed by atoms with Crippen molar-refractivity contribution in [3.05, 3.63) is 64.1 Å². The Balaban J connectivity index is 2.06. The third-order valence-electron chi connectivity index (χ3n) is 5.08. The van der Waals surface area contributed by atoms with E-state index in [-0.39, 0.29) is 18.4 Å². The third kappa shape index (κ3) is 7.48. The second kappa shape index (κ2) is 12.4. The van der Waals surface area contributed by atoms with E-state index in [9.17, 15) is 9.59 Å². The van der Waals surface area contributed by atoms with Crippen molar-refractivity contribution in [2.45, 2.75) is 58.5 Å². The second-order valence-electron chi connectivity index (χ2n) is 7.36. The highest BCUT2D eigenvalue weighted by Crippen LogP contribution is 2.24. The highest BCUT2D eigenvalue weighted by Gasteiger charge is 2.22. The summed E-state index contributed by atoms with van der Waals surface area (Å²) >= 11 is 3.41. The monoisotopic (exact) mass is 475 g/mol. The zero-order valence-electron chi connectivity index (χ0n) is 17.6. The quantitative estimate of drug-likeness (QED) is 0.387. The highest BCUT2D eigenvalue weighted by atomic mass is 79.9. The number of hydrogen-bond acceptors (Lipinski definition) is 3. The predicted octanol–water partition coefficient (Wildman–Crippen LogP) is 5.91. The van der Waals surface area contributed by atoms with Crippen molar-refractivity contribution in [1.82, 2.24) is 4.90 Å². The molecule has 0 aliphatic rings. The molecule has 2 aromatic carbocycles. The number of amides is 1. The third-order valence-corrected chi connectivity index (χ3v) is 5.61. The topological polar surface area (TPSA) is 66.8 Å². The van der Waals surface area contributed by atoms with Gasteiger partial charge in [0.05, 0.1) is 6.61 Å². The molecular formula is C24H30BrNO4. The number of aliphatic carboxylic acids is 1. The van der Waals surface area contributed by atoms with Crippen molar-refractivity contribution in [3.63, 3.8) is 0 Å². The van der Waals surface area contributed by atoms with Gasteiger partial charge >= 0.3 is 5.97 Å². The number of nitrogens with zero attached hydrogens (tertiary/aromatic N) is 1. The number of halogens is 1. The molecule has 162 valence electrons. The predicted molar refractivity (Wildman–Crippen MR) is 122 cm³/mol. The van der Waals surface area contributed by atoms with E-state index in [1.54, 1.807) is 0 Å². The Labute approximate surface area is 187 Å². The number of para-hydroxylation sites is 1. The highest BCUT2D eigenvalue weighted by molar-refractivity contribution is 9.10. The summed E-state index contributed by atoms with van der Waals surface area (Å²) in [5, 5.41) is 8.71. The molecule has 0 aliphatic carbocycles. The molecule has 0 heterocycles. The Morgan fingerprint density at radius 2 is 1.77 bits per heavy atom. The van der Waals surface area contributed by atoms with Crippen LogP contribution in [-0.2, 0) is 11.3 Å². The van der Waals surface area contributed by atoms with Crippen molar-refractivity contribution in [2.75, 3.05) is 6.61 Å². The van der Waals surface area contributed by atoms with Gasteiger partial charge < -0.3 is 14.7 Å². The molecule has 0 radical (unpaired) electrons. The molecule has 0 aliphatic heterocycles. The number of carboxylic acids is 1. The number of rotatable bonds is 12. The lowest BCUT2D eigenvalue weighted by Crippen LogP contribution is -2.37. The summed E-state index contributed by atoms with van der Waals surface area (Å²) < 4.78 is 6.91. The van der Waals surface area contributed by atoms with Gasteiger partial charge in [-0.05, 0) is 62.9 Å². The summed E-state index contributed by atoms with van der Waals surface area (Å²) in [6, 6.07) is 15.3. The minimum absolute atomic E-state index is 0.000300. The molecule has 1 unspecified atom stereocenters. The van der Waals surface area contributed by atoms with Gasteiger partial charge in [0.25, 0.3) is 5.91 Å². The lowest BCUT2D eigenvalue weighted by molar-refractivity contribution is -0.137. The molecule has 5 nitrogen and oxygen atoms in total. The van der Waals surface area contributed by atoms with E-state index >= 15 is 0 Å². The van der Waals surface area contributed by atoms with E-state index in [4.69, 9.17) is 9.84 Å². The summed E-state index contributed by atoms with van der Waals surface area (Å²) in [7, 11) is 0. The van der Waals surface area contributed by atoms with Gasteiger partial charge in [-0.15, -0.1) is 0 Å². The molecule has 0 saturated carbocycles. The van der Waals surface area contributed by atoms with Gasteiger partial charge in [0.2, 0.25) is 0 Å². The Morgan fingerprint density at radius 3 is 2.43 bits per heavy atom. The van der Waals surface area contributed by atoms with E-state index in [1.165, 1.54) is 0 Å². The molecule has 1 amide bonds. The number of carbonyl (C=O) groups excluding carboxylic acids is 1. The second-order valence-corrected chi connectivity index (χ2v) is 8.27. The average molecular weight is 476 g/mol. The smallest absolute Gasteiger partial charge is 0.303 e. The van der Waals surface area contributed by atoms with Gasteiger partial charge in [-0.2, -0.15) is 0 Å². The van der Waals surface area contributed by atoms with E-state index < -0.39 is 5.97 Å². The molecule has 6 heteroatoms. The van der Waals surface area contributed by atoms with Crippen molar-refractivity contribution in [3.8, 4) is 5.75 Å². The summed E-state index contributed by atoms with van der Waals surface area (Å²) in [5.74, 6) is 0.00908. The Bertz CT molecular complexity index is 822. The summed E-state index contributed by atoms with van der Waals surface area (Å²) in [5.41, 5.74) is 1.63. The molecule has 0 aromatic heterocycles. The van der Waals surface area contributed by atoms with Crippen molar-refractivity contribution >= 4 is 27.8 Å². The summed E-state index contributed by atoms with van der Waals surface area (Å²) in [6.45, 7) is 5.13. The zero-order chi connectivity index (χ0) is 21.9. The van der Waals surface area contributed by atoms with Crippen LogP contribution < -0.4 is 4.74 Å². The molecule has 0 bridgehead atoms. The van der Waals surface area contributed by atoms with Crippen LogP contribution in [0.5, 0.6) is 5.75 Å². The molecule has 0 fully saturated rings. The van der Waals surface area contributed by atoms with Crippen molar-refractivity contribution in [2.24, 2.45) is 0 Å². The maximum absolute atomic E-state index is 13.2. The van der Waals surface area contributed by atoms with Gasteiger partial charge in [-0.25, -0.2) is 0 Å². The molecule has 2 rings (SSSR count). The Kier molecular flexibility index (Phi) is 9.87. The first-order valence-electron chi connectivity index (χ1n) is 10.4. The lowest BCUT2D eigenvalue weighted by atomic mass is 10.1. The fourth-order valence-corrected chi connectivity index (χ4v) is 3.37. The fourth-order valence-electron chi connectivity index (χ4n) is 3.10. The molecule has 0 saturated heterocycles. The number of benzene rings is 2. The van der Waals surface area contributed by atoms with E-state index in [2.05, 4.69) is 29.8 Å². The molecule has 0 spiro atoms. The van der Waals surface area contributed by atoms with E-state index in [0.29, 0.717) is 25.1 Å². The first-order chi connectivity index (χ1) is 14.4. The number of carboxylic acid groups (broad SMARTS) is 1. The standard InChI is InChI=1S/C24H30BrNO4/c1-3-18(2)26(24(29)19-12-14-21(25)15-13-19)17-20-9-6-7-10-22(20)30-16-8-4-5-11-23(27)28/h6-7,9-10,12-15,18H,3-5,8,11,16-17H2,1-2H3,(H,27,28). The van der Waals surface area contributed by atoms with Crippen LogP contribution in [0.4, 0.5) is 0 Å². The van der Waals surface area contributed by atoms with Gasteiger partial charge in [0.15, 0.2) is 0 Å². The minimum atomic E-state index is -0.762. The minimum Gasteiger partial charge on any atom is -0.493 e. The Morgan fingerprint density at radius 1 is 1.07 bits per heavy atom. The molecule has 1 atom stereocenters. The first-order valence-corrected chi connectivity index (χ1v) is 11.2. The number of unbranched alkanes of at least 4 members (excludes halogenated alkanes) is 2. The van der Waals surface area contributed by atoms with Crippen LogP contribution in [0.1, 0.15) is 61.9 Å². The lowest BCUT2D eigenvalue weighted by Gasteiger charge is -2.29. The first kappa shape index (κ1) is 23.9. The fraction of sp³-hybridized carbons (Fsp3) is 0.417. The SMILES string of the molecule is CCC(C)N(Cc1ccccc1OCCCCCC(=O)O)C(=O)c1ccc(Br)cc1. The van der Waals surface area contributed by atoms with Crippen LogP contribution in [0.25, 0.3) is 0 Å². The average Bonchev–Trinajstić information content (AvgIpc) is 2.74. The van der Waals surface area contributed by atoms with Crippen molar-refractivity contribution in [1.29, 1.82) is 0 Å². The number of carbonyl (C=O) groups is 2.